The molecule has 3 aliphatic carbocycles. The molecule has 2 N–H and O–H groups in total. The molecular formula is C15H21N5O3. The quantitative estimate of drug-likeness (QED) is 0.851. The van der Waals surface area contributed by atoms with Crippen LogP contribution in [0.15, 0.2) is 12.4 Å². The lowest BCUT2D eigenvalue weighted by atomic mass is 9.39. The van der Waals surface area contributed by atoms with E-state index < -0.39 is 11.4 Å². The molecule has 8 nitrogen and oxygen atoms in total. The van der Waals surface area contributed by atoms with Gasteiger partial charge in [0.05, 0.1) is 11.6 Å². The molecule has 3 saturated carbocycles. The molecule has 5 rings (SSSR count). The van der Waals surface area contributed by atoms with Gasteiger partial charge >= 0.3 is 12.0 Å². The summed E-state index contributed by atoms with van der Waals surface area (Å²) in [7, 11) is 0. The van der Waals surface area contributed by atoms with E-state index in [4.69, 9.17) is 5.11 Å². The third-order valence-electron chi connectivity index (χ3n) is 5.58. The molecule has 4 aliphatic rings. The second-order valence-electron chi connectivity index (χ2n) is 7.41. The lowest BCUT2D eigenvalue weighted by molar-refractivity contribution is -0.196. The highest BCUT2D eigenvalue weighted by atomic mass is 16.4. The summed E-state index contributed by atoms with van der Waals surface area (Å²) >= 11 is 0. The highest BCUT2D eigenvalue weighted by Gasteiger charge is 2.72. The van der Waals surface area contributed by atoms with E-state index in [1.165, 1.54) is 0 Å². The highest BCUT2D eigenvalue weighted by Crippen LogP contribution is 2.67. The third-order valence-corrected chi connectivity index (χ3v) is 5.58. The van der Waals surface area contributed by atoms with E-state index in [-0.39, 0.29) is 11.6 Å². The zero-order valence-corrected chi connectivity index (χ0v) is 12.9. The Morgan fingerprint density at radius 2 is 2.13 bits per heavy atom. The molecule has 0 aromatic carbocycles. The molecule has 23 heavy (non-hydrogen) atoms. The van der Waals surface area contributed by atoms with E-state index in [0.29, 0.717) is 31.7 Å². The second-order valence-corrected chi connectivity index (χ2v) is 7.41. The maximum absolute atomic E-state index is 12.5. The van der Waals surface area contributed by atoms with Gasteiger partial charge in [-0.15, -0.1) is 5.10 Å². The number of likely N-dealkylation sites (tertiary alicyclic amines) is 1. The number of urea groups is 1. The summed E-state index contributed by atoms with van der Waals surface area (Å²) in [6, 6.07) is -0.0491. The van der Waals surface area contributed by atoms with Gasteiger partial charge in [0.2, 0.25) is 0 Å². The first-order valence-corrected chi connectivity index (χ1v) is 8.15. The number of aromatic nitrogens is 3. The van der Waals surface area contributed by atoms with Gasteiger partial charge in [0, 0.05) is 31.4 Å². The first-order valence-electron chi connectivity index (χ1n) is 8.15. The Labute approximate surface area is 133 Å². The van der Waals surface area contributed by atoms with Gasteiger partial charge in [-0.25, -0.2) is 4.79 Å². The van der Waals surface area contributed by atoms with Crippen LogP contribution in [0.25, 0.3) is 0 Å². The monoisotopic (exact) mass is 319 g/mol. The number of piperidine rings is 1. The van der Waals surface area contributed by atoms with Gasteiger partial charge in [-0.05, 0) is 38.0 Å². The number of aliphatic carboxylic acids is 1. The maximum atomic E-state index is 12.5. The predicted molar refractivity (Wildman–Crippen MR) is 79.5 cm³/mol. The number of nitrogens with one attached hydrogen (secondary N) is 1. The number of hydrogen-bond donors (Lipinski definition) is 2. The number of amides is 2. The van der Waals surface area contributed by atoms with Crippen molar-refractivity contribution in [2.75, 3.05) is 13.1 Å². The Morgan fingerprint density at radius 1 is 1.35 bits per heavy atom. The Bertz CT molecular complexity index is 609. The highest BCUT2D eigenvalue weighted by molar-refractivity contribution is 5.83. The zero-order valence-electron chi connectivity index (χ0n) is 12.9. The van der Waals surface area contributed by atoms with Crippen molar-refractivity contribution in [2.45, 2.75) is 44.2 Å². The molecule has 1 aromatic rings. The van der Waals surface area contributed by atoms with Crippen LogP contribution in [-0.4, -0.2) is 55.6 Å². The molecular weight excluding hydrogens is 298 g/mol. The van der Waals surface area contributed by atoms with Gasteiger partial charge in [-0.2, -0.15) is 0 Å². The van der Waals surface area contributed by atoms with Gasteiger partial charge in [-0.1, -0.05) is 5.21 Å². The van der Waals surface area contributed by atoms with E-state index in [1.54, 1.807) is 6.20 Å². The molecule has 2 heterocycles. The molecule has 0 radical (unpaired) electrons. The average molecular weight is 319 g/mol. The zero-order chi connectivity index (χ0) is 16.1. The molecule has 124 valence electrons. The number of rotatable bonds is 4. The molecule has 1 aliphatic heterocycles. The SMILES string of the molecule is O=C(NC12CC(C(=O)O)(C1)C2)N1CCCC(Cn2ccnn2)C1. The Hall–Kier alpha value is -2.12. The van der Waals surface area contributed by atoms with Crippen LogP contribution in [0.1, 0.15) is 32.1 Å². The standard InChI is InChI=1S/C15H21N5O3/c21-12(22)14-8-15(9-14,10-14)17-13(23)19-4-1-2-11(6-19)7-20-5-3-16-18-20/h3,5,11H,1-2,4,6-10H2,(H,17,23)(H,21,22). The molecule has 1 aromatic heterocycles. The summed E-state index contributed by atoms with van der Waals surface area (Å²) in [5.74, 6) is -0.339. The lowest BCUT2D eigenvalue weighted by Crippen LogP contribution is -2.77. The molecule has 2 amide bonds. The Balaban J connectivity index is 1.30. The minimum Gasteiger partial charge on any atom is -0.481 e. The molecule has 4 fully saturated rings. The minimum absolute atomic E-state index is 0.0491. The summed E-state index contributed by atoms with van der Waals surface area (Å²) < 4.78 is 1.81. The van der Waals surface area contributed by atoms with Crippen molar-refractivity contribution in [3.05, 3.63) is 12.4 Å². The van der Waals surface area contributed by atoms with Crippen LogP contribution in [0.3, 0.4) is 0 Å². The number of carboxylic acid groups (broad SMARTS) is 1. The van der Waals surface area contributed by atoms with Crippen molar-refractivity contribution in [3.8, 4) is 0 Å². The fourth-order valence-electron chi connectivity index (χ4n) is 4.45. The van der Waals surface area contributed by atoms with Crippen LogP contribution in [0, 0.1) is 11.3 Å². The molecule has 0 spiro atoms. The number of nitrogens with zero attached hydrogens (tertiary/aromatic N) is 4. The average Bonchev–Trinajstić information content (AvgIpc) is 2.93. The first kappa shape index (κ1) is 14.5. The van der Waals surface area contributed by atoms with Crippen LogP contribution in [-0.2, 0) is 11.3 Å². The number of carbonyl (C=O) groups is 2. The predicted octanol–water partition coefficient (Wildman–Crippen LogP) is 0.707. The Kier molecular flexibility index (Phi) is 3.11. The van der Waals surface area contributed by atoms with E-state index >= 15 is 0 Å². The van der Waals surface area contributed by atoms with Crippen LogP contribution in [0.4, 0.5) is 4.79 Å². The van der Waals surface area contributed by atoms with E-state index in [2.05, 4.69) is 15.6 Å². The minimum atomic E-state index is -0.723. The summed E-state index contributed by atoms with van der Waals surface area (Å²) in [6.07, 6.45) is 7.31. The summed E-state index contributed by atoms with van der Waals surface area (Å²) in [4.78, 5) is 25.5. The van der Waals surface area contributed by atoms with Crippen LogP contribution in [0.5, 0.6) is 0 Å². The normalized spacial score (nSPS) is 35.1. The van der Waals surface area contributed by atoms with Gasteiger partial charge in [0.25, 0.3) is 0 Å². The third kappa shape index (κ3) is 2.36. The summed E-state index contributed by atoms with van der Waals surface area (Å²) in [5, 5.41) is 20.0. The molecule has 1 atom stereocenters. The molecule has 2 bridgehead atoms. The smallest absolute Gasteiger partial charge is 0.317 e. The fraction of sp³-hybridized carbons (Fsp3) is 0.733. The van der Waals surface area contributed by atoms with Gasteiger partial charge in [0.15, 0.2) is 0 Å². The van der Waals surface area contributed by atoms with Gasteiger partial charge < -0.3 is 15.3 Å². The maximum Gasteiger partial charge on any atom is 0.317 e. The number of carboxylic acids is 1. The van der Waals surface area contributed by atoms with Crippen molar-refractivity contribution >= 4 is 12.0 Å². The van der Waals surface area contributed by atoms with Gasteiger partial charge in [-0.3, -0.25) is 9.48 Å². The van der Waals surface area contributed by atoms with Crippen molar-refractivity contribution < 1.29 is 14.7 Å². The first-order chi connectivity index (χ1) is 11.0. The summed E-state index contributed by atoms with van der Waals surface area (Å²) in [5.41, 5.74) is -0.806. The topological polar surface area (TPSA) is 100 Å². The molecule has 8 heteroatoms. The molecule has 1 unspecified atom stereocenters. The van der Waals surface area contributed by atoms with E-state index in [1.807, 2.05) is 15.8 Å². The van der Waals surface area contributed by atoms with Crippen LogP contribution >= 0.6 is 0 Å². The number of carbonyl (C=O) groups excluding carboxylic acids is 1. The van der Waals surface area contributed by atoms with Crippen molar-refractivity contribution in [1.29, 1.82) is 0 Å². The van der Waals surface area contributed by atoms with Gasteiger partial charge in [0.1, 0.15) is 0 Å². The largest absolute Gasteiger partial charge is 0.481 e. The van der Waals surface area contributed by atoms with E-state index in [0.717, 1.165) is 25.9 Å². The fourth-order valence-corrected chi connectivity index (χ4v) is 4.45. The molecule has 1 saturated heterocycles. The summed E-state index contributed by atoms with van der Waals surface area (Å²) in [6.45, 7) is 2.25. The Morgan fingerprint density at radius 3 is 2.78 bits per heavy atom. The van der Waals surface area contributed by atoms with Crippen LogP contribution in [0.2, 0.25) is 0 Å². The van der Waals surface area contributed by atoms with E-state index in [9.17, 15) is 9.59 Å². The number of hydrogen-bond acceptors (Lipinski definition) is 4. The van der Waals surface area contributed by atoms with Crippen molar-refractivity contribution in [2.24, 2.45) is 11.3 Å². The van der Waals surface area contributed by atoms with Crippen LogP contribution < -0.4 is 5.32 Å². The second kappa shape index (κ2) is 4.94. The van der Waals surface area contributed by atoms with Crippen molar-refractivity contribution in [1.82, 2.24) is 25.2 Å². The van der Waals surface area contributed by atoms with Crippen molar-refractivity contribution in [3.63, 3.8) is 0 Å². The lowest BCUT2D eigenvalue weighted by Gasteiger charge is -2.68.